The van der Waals surface area contributed by atoms with Crippen LogP contribution in [0.2, 0.25) is 0 Å². The van der Waals surface area contributed by atoms with Crippen molar-refractivity contribution in [1.29, 1.82) is 0 Å². The van der Waals surface area contributed by atoms with E-state index in [0.717, 1.165) is 19.5 Å². The summed E-state index contributed by atoms with van der Waals surface area (Å²) in [5, 5.41) is 5.70. The lowest BCUT2D eigenvalue weighted by atomic mass is 9.95. The molecule has 8 nitrogen and oxygen atoms in total. The molecule has 1 aliphatic heterocycles. The molecule has 9 heteroatoms. The van der Waals surface area contributed by atoms with Crippen LogP contribution in [0, 0.1) is 0 Å². The number of rotatable bonds is 8. The summed E-state index contributed by atoms with van der Waals surface area (Å²) < 4.78 is 31.5. The fourth-order valence-corrected chi connectivity index (χ4v) is 4.29. The molecule has 2 N–H and O–H groups in total. The summed E-state index contributed by atoms with van der Waals surface area (Å²) in [6, 6.07) is 6.38. The molecule has 1 fully saturated rings. The van der Waals surface area contributed by atoms with E-state index in [1.807, 2.05) is 0 Å². The van der Waals surface area contributed by atoms with E-state index in [1.54, 1.807) is 24.3 Å². The smallest absolute Gasteiger partial charge is 0.315 e. The Balaban J connectivity index is 1.96. The van der Waals surface area contributed by atoms with Crippen molar-refractivity contribution in [1.82, 2.24) is 19.8 Å². The van der Waals surface area contributed by atoms with E-state index in [0.29, 0.717) is 25.3 Å². The summed E-state index contributed by atoms with van der Waals surface area (Å²) in [5.74, 6) is 0. The van der Waals surface area contributed by atoms with E-state index < -0.39 is 10.0 Å². The van der Waals surface area contributed by atoms with Crippen LogP contribution < -0.4 is 10.6 Å². The van der Waals surface area contributed by atoms with Crippen molar-refractivity contribution in [2.75, 3.05) is 46.9 Å². The molecule has 1 aromatic rings. The zero-order valence-electron chi connectivity index (χ0n) is 17.2. The van der Waals surface area contributed by atoms with Crippen molar-refractivity contribution in [3.8, 4) is 0 Å². The Labute approximate surface area is 168 Å². The number of ether oxygens (including phenoxy) is 1. The summed E-state index contributed by atoms with van der Waals surface area (Å²) in [7, 11) is -0.587. The molecule has 0 aromatic heterocycles. The first-order chi connectivity index (χ1) is 13.2. The maximum absolute atomic E-state index is 12.5. The number of sulfonamides is 1. The topological polar surface area (TPSA) is 91.0 Å². The fourth-order valence-electron chi connectivity index (χ4n) is 3.17. The molecule has 0 spiro atoms. The number of carbonyl (C=O) groups excluding carboxylic acids is 1. The highest BCUT2D eigenvalue weighted by Gasteiger charge is 2.31. The van der Waals surface area contributed by atoms with Crippen molar-refractivity contribution in [3.05, 3.63) is 29.8 Å². The van der Waals surface area contributed by atoms with Gasteiger partial charge in [-0.2, -0.15) is 0 Å². The van der Waals surface area contributed by atoms with Gasteiger partial charge in [0.05, 0.1) is 18.1 Å². The van der Waals surface area contributed by atoms with Gasteiger partial charge < -0.3 is 15.4 Å². The number of nitrogens with one attached hydrogen (secondary N) is 2. The molecule has 1 unspecified atom stereocenters. The van der Waals surface area contributed by atoms with Gasteiger partial charge in [-0.05, 0) is 25.0 Å². The first-order valence-electron chi connectivity index (χ1n) is 9.55. The number of hydrogen-bond acceptors (Lipinski definition) is 5. The molecule has 2 amide bonds. The lowest BCUT2D eigenvalue weighted by molar-refractivity contribution is -0.0165. The second-order valence-corrected chi connectivity index (χ2v) is 9.50. The maximum Gasteiger partial charge on any atom is 0.315 e. The molecule has 0 aliphatic carbocycles. The van der Waals surface area contributed by atoms with E-state index in [9.17, 15) is 13.2 Å². The van der Waals surface area contributed by atoms with Crippen LogP contribution >= 0.6 is 0 Å². The van der Waals surface area contributed by atoms with Crippen LogP contribution in [-0.2, 0) is 21.3 Å². The van der Waals surface area contributed by atoms with Crippen molar-refractivity contribution in [2.24, 2.45) is 0 Å². The summed E-state index contributed by atoms with van der Waals surface area (Å²) in [4.78, 5) is 14.9. The second kappa shape index (κ2) is 9.69. The Morgan fingerprint density at radius 2 is 1.86 bits per heavy atom. The number of amides is 2. The van der Waals surface area contributed by atoms with Crippen LogP contribution in [0.3, 0.4) is 0 Å². The quantitative estimate of drug-likeness (QED) is 0.670. The minimum Gasteiger partial charge on any atom is -0.379 e. The van der Waals surface area contributed by atoms with Gasteiger partial charge in [0.1, 0.15) is 0 Å². The highest BCUT2D eigenvalue weighted by atomic mass is 32.2. The summed E-state index contributed by atoms with van der Waals surface area (Å²) in [6.45, 7) is 8.00. The number of hydrogen-bond donors (Lipinski definition) is 2. The standard InChI is InChI=1S/C19H32N4O4S/c1-5-19(2,23-10-12-27-13-11-23)15-21-18(24)20-14-16-8-6-7-9-17(16)28(25,26)22(3)4/h6-9H,5,10-15H2,1-4H3,(H2,20,21,24). The average molecular weight is 413 g/mol. The molecule has 28 heavy (non-hydrogen) atoms. The average Bonchev–Trinajstić information content (AvgIpc) is 2.71. The van der Waals surface area contributed by atoms with Crippen LogP contribution in [0.5, 0.6) is 0 Å². The summed E-state index contributed by atoms with van der Waals surface area (Å²) in [5.41, 5.74) is 0.408. The predicted molar refractivity (Wildman–Crippen MR) is 109 cm³/mol. The number of morpholine rings is 1. The number of nitrogens with zero attached hydrogens (tertiary/aromatic N) is 2. The van der Waals surface area contributed by atoms with Gasteiger partial charge in [0.2, 0.25) is 10.0 Å². The number of benzene rings is 1. The maximum atomic E-state index is 12.5. The third-order valence-electron chi connectivity index (χ3n) is 5.34. The van der Waals surface area contributed by atoms with Crippen molar-refractivity contribution in [3.63, 3.8) is 0 Å². The van der Waals surface area contributed by atoms with Crippen LogP contribution in [-0.4, -0.2) is 76.1 Å². The minimum absolute atomic E-state index is 0.134. The Bertz CT molecular complexity index is 763. The Hall–Kier alpha value is -1.68. The lowest BCUT2D eigenvalue weighted by Crippen LogP contribution is -2.57. The van der Waals surface area contributed by atoms with E-state index in [-0.39, 0.29) is 23.0 Å². The summed E-state index contributed by atoms with van der Waals surface area (Å²) in [6.07, 6.45) is 0.900. The largest absolute Gasteiger partial charge is 0.379 e. The highest BCUT2D eigenvalue weighted by molar-refractivity contribution is 7.89. The molecule has 158 valence electrons. The van der Waals surface area contributed by atoms with E-state index in [2.05, 4.69) is 29.4 Å². The van der Waals surface area contributed by atoms with E-state index in [4.69, 9.17) is 4.74 Å². The first kappa shape index (κ1) is 22.6. The van der Waals surface area contributed by atoms with Gasteiger partial charge in [0.15, 0.2) is 0 Å². The van der Waals surface area contributed by atoms with Crippen LogP contribution in [0.25, 0.3) is 0 Å². The summed E-state index contributed by atoms with van der Waals surface area (Å²) >= 11 is 0. The lowest BCUT2D eigenvalue weighted by Gasteiger charge is -2.43. The molecule has 0 saturated carbocycles. The van der Waals surface area contributed by atoms with Crippen LogP contribution in [0.1, 0.15) is 25.8 Å². The first-order valence-corrected chi connectivity index (χ1v) is 11.0. The molecule has 0 radical (unpaired) electrons. The second-order valence-electron chi connectivity index (χ2n) is 7.38. The predicted octanol–water partition coefficient (Wildman–Crippen LogP) is 1.24. The molecule has 1 aromatic carbocycles. The molecule has 1 heterocycles. The Morgan fingerprint density at radius 3 is 2.46 bits per heavy atom. The Morgan fingerprint density at radius 1 is 1.21 bits per heavy atom. The monoisotopic (exact) mass is 412 g/mol. The normalized spacial score (nSPS) is 17.9. The van der Waals surface area contributed by atoms with Crippen molar-refractivity contribution < 1.29 is 17.9 Å². The molecule has 1 atom stereocenters. The van der Waals surface area contributed by atoms with Gasteiger partial charge in [-0.1, -0.05) is 25.1 Å². The molecule has 0 bridgehead atoms. The van der Waals surface area contributed by atoms with Gasteiger partial charge in [-0.15, -0.1) is 0 Å². The third kappa shape index (κ3) is 5.44. The zero-order valence-corrected chi connectivity index (χ0v) is 18.0. The van der Waals surface area contributed by atoms with Gasteiger partial charge in [-0.25, -0.2) is 17.5 Å². The molecule has 2 rings (SSSR count). The third-order valence-corrected chi connectivity index (χ3v) is 7.25. The highest BCUT2D eigenvalue weighted by Crippen LogP contribution is 2.20. The molecular formula is C19H32N4O4S. The van der Waals surface area contributed by atoms with E-state index in [1.165, 1.54) is 18.4 Å². The van der Waals surface area contributed by atoms with Crippen molar-refractivity contribution in [2.45, 2.75) is 37.2 Å². The van der Waals surface area contributed by atoms with Gasteiger partial charge >= 0.3 is 6.03 Å². The van der Waals surface area contributed by atoms with Crippen molar-refractivity contribution >= 4 is 16.1 Å². The molecular weight excluding hydrogens is 380 g/mol. The SMILES string of the molecule is CCC(C)(CNC(=O)NCc1ccccc1S(=O)(=O)N(C)C)N1CCOCC1. The Kier molecular flexibility index (Phi) is 7.82. The van der Waals surface area contributed by atoms with Gasteiger partial charge in [0.25, 0.3) is 0 Å². The van der Waals surface area contributed by atoms with Crippen LogP contribution in [0.15, 0.2) is 29.2 Å². The van der Waals surface area contributed by atoms with Crippen LogP contribution in [0.4, 0.5) is 4.79 Å². The van der Waals surface area contributed by atoms with E-state index >= 15 is 0 Å². The molecule has 1 aliphatic rings. The minimum atomic E-state index is -3.57. The fraction of sp³-hybridized carbons (Fsp3) is 0.632. The number of carbonyl (C=O) groups is 1. The van der Waals surface area contributed by atoms with Gasteiger partial charge in [-0.3, -0.25) is 4.90 Å². The van der Waals surface area contributed by atoms with Gasteiger partial charge in [0, 0.05) is 45.8 Å². The zero-order chi connectivity index (χ0) is 20.8. The molecule has 1 saturated heterocycles. The number of urea groups is 1.